The molecule has 1 amide bonds. The van der Waals surface area contributed by atoms with E-state index in [9.17, 15) is 18.0 Å². The molecule has 0 unspecified atom stereocenters. The smallest absolute Gasteiger partial charge is 0.416 e. The Bertz CT molecular complexity index is 1020. The maximum absolute atomic E-state index is 13.0. The molecular formula is C22H20F3N3O2. The van der Waals surface area contributed by atoms with E-state index in [0.717, 1.165) is 30.7 Å². The van der Waals surface area contributed by atoms with Crippen molar-refractivity contribution in [1.82, 2.24) is 15.1 Å². The second kappa shape index (κ2) is 8.22. The van der Waals surface area contributed by atoms with Crippen molar-refractivity contribution >= 4 is 5.91 Å². The molecule has 4 rings (SSSR count). The quantitative estimate of drug-likeness (QED) is 0.634. The van der Waals surface area contributed by atoms with Crippen molar-refractivity contribution in [2.45, 2.75) is 24.9 Å². The molecule has 1 aromatic heterocycles. The molecule has 2 heterocycles. The van der Waals surface area contributed by atoms with Gasteiger partial charge in [0.15, 0.2) is 0 Å². The zero-order valence-corrected chi connectivity index (χ0v) is 16.0. The number of aromatic amines is 1. The maximum Gasteiger partial charge on any atom is 0.416 e. The number of alkyl halides is 3. The third-order valence-corrected chi connectivity index (χ3v) is 5.15. The molecule has 30 heavy (non-hydrogen) atoms. The Morgan fingerprint density at radius 3 is 2.60 bits per heavy atom. The zero-order valence-electron chi connectivity index (χ0n) is 16.0. The normalized spacial score (nSPS) is 17.0. The maximum atomic E-state index is 13.0. The molecule has 1 fully saturated rings. The highest BCUT2D eigenvalue weighted by atomic mass is 19.4. The Morgan fingerprint density at radius 1 is 1.10 bits per heavy atom. The molecule has 1 aliphatic heterocycles. The third-order valence-electron chi connectivity index (χ3n) is 5.15. The topological polar surface area (TPSA) is 58.2 Å². The lowest BCUT2D eigenvalue weighted by Gasteiger charge is -2.32. The fourth-order valence-corrected chi connectivity index (χ4v) is 3.66. The average molecular weight is 415 g/mol. The predicted molar refractivity (Wildman–Crippen MR) is 104 cm³/mol. The van der Waals surface area contributed by atoms with Gasteiger partial charge in [0.2, 0.25) is 0 Å². The predicted octanol–water partition coefficient (Wildman–Crippen LogP) is 5.24. The summed E-state index contributed by atoms with van der Waals surface area (Å²) in [4.78, 5) is 14.8. The van der Waals surface area contributed by atoms with E-state index in [2.05, 4.69) is 10.2 Å². The summed E-state index contributed by atoms with van der Waals surface area (Å²) < 4.78 is 44.3. The number of hydrogen-bond donors (Lipinski definition) is 1. The van der Waals surface area contributed by atoms with E-state index in [1.807, 2.05) is 6.07 Å². The summed E-state index contributed by atoms with van der Waals surface area (Å²) in [6.45, 7) is 1.24. The van der Waals surface area contributed by atoms with Crippen molar-refractivity contribution in [3.05, 3.63) is 77.6 Å². The molecule has 8 heteroatoms. The van der Waals surface area contributed by atoms with E-state index in [1.54, 1.807) is 35.4 Å². The lowest BCUT2D eigenvalue weighted by atomic mass is 9.94. The highest BCUT2D eigenvalue weighted by molar-refractivity contribution is 5.94. The van der Waals surface area contributed by atoms with E-state index in [-0.39, 0.29) is 17.6 Å². The van der Waals surface area contributed by atoms with Gasteiger partial charge in [-0.25, -0.2) is 0 Å². The number of ether oxygens (including phenoxy) is 1. The molecule has 1 N–H and O–H groups in total. The Balaban J connectivity index is 1.48. The minimum absolute atomic E-state index is 0.0618. The van der Waals surface area contributed by atoms with Crippen LogP contribution < -0.4 is 4.74 Å². The monoisotopic (exact) mass is 415 g/mol. The number of halogens is 3. The van der Waals surface area contributed by atoms with E-state index in [1.165, 1.54) is 12.1 Å². The Labute approximate surface area is 171 Å². The van der Waals surface area contributed by atoms with Gasteiger partial charge in [0.25, 0.3) is 5.91 Å². The van der Waals surface area contributed by atoms with Gasteiger partial charge in [0.1, 0.15) is 11.5 Å². The van der Waals surface area contributed by atoms with Crippen molar-refractivity contribution in [2.24, 2.45) is 0 Å². The lowest BCUT2D eigenvalue weighted by Crippen LogP contribution is -2.39. The van der Waals surface area contributed by atoms with Gasteiger partial charge in [-0.05, 0) is 55.3 Å². The fraction of sp³-hybridized carbons (Fsp3) is 0.273. The molecule has 0 spiro atoms. The molecule has 1 atom stereocenters. The molecule has 156 valence electrons. The van der Waals surface area contributed by atoms with Crippen LogP contribution in [0, 0.1) is 0 Å². The second-order valence-electron chi connectivity index (χ2n) is 7.26. The van der Waals surface area contributed by atoms with Gasteiger partial charge in [-0.1, -0.05) is 12.1 Å². The molecule has 1 aliphatic rings. The van der Waals surface area contributed by atoms with E-state index < -0.39 is 11.7 Å². The van der Waals surface area contributed by atoms with Crippen molar-refractivity contribution < 1.29 is 22.7 Å². The van der Waals surface area contributed by atoms with Crippen LogP contribution in [-0.4, -0.2) is 34.1 Å². The van der Waals surface area contributed by atoms with Gasteiger partial charge in [0.05, 0.1) is 5.56 Å². The van der Waals surface area contributed by atoms with Crippen LogP contribution in [0.15, 0.2) is 60.8 Å². The van der Waals surface area contributed by atoms with E-state index in [4.69, 9.17) is 4.74 Å². The number of nitrogens with one attached hydrogen (secondary N) is 1. The van der Waals surface area contributed by atoms with Crippen LogP contribution in [0.4, 0.5) is 13.2 Å². The minimum Gasteiger partial charge on any atom is -0.457 e. The number of benzene rings is 2. The van der Waals surface area contributed by atoms with E-state index >= 15 is 0 Å². The number of rotatable bonds is 4. The van der Waals surface area contributed by atoms with Crippen LogP contribution in [-0.2, 0) is 6.18 Å². The Morgan fingerprint density at radius 2 is 1.87 bits per heavy atom. The van der Waals surface area contributed by atoms with Crippen LogP contribution >= 0.6 is 0 Å². The van der Waals surface area contributed by atoms with Gasteiger partial charge in [-0.15, -0.1) is 0 Å². The summed E-state index contributed by atoms with van der Waals surface area (Å²) in [5.41, 5.74) is 0.657. The van der Waals surface area contributed by atoms with Gasteiger partial charge < -0.3 is 9.64 Å². The summed E-state index contributed by atoms with van der Waals surface area (Å²) in [6, 6.07) is 13.1. The van der Waals surface area contributed by atoms with Crippen LogP contribution in [0.25, 0.3) is 0 Å². The largest absolute Gasteiger partial charge is 0.457 e. The highest BCUT2D eigenvalue weighted by Gasteiger charge is 2.31. The molecule has 3 aromatic rings. The lowest BCUT2D eigenvalue weighted by molar-refractivity contribution is -0.137. The Hall–Kier alpha value is -3.29. The molecule has 1 saturated heterocycles. The molecule has 2 aromatic carbocycles. The van der Waals surface area contributed by atoms with Crippen molar-refractivity contribution in [2.75, 3.05) is 13.1 Å². The SMILES string of the molecule is O=C(c1cccc(Oc2cccc(C(F)(F)F)c2)c1)N1CCC[C@@H](c2ccn[nH]2)C1. The summed E-state index contributed by atoms with van der Waals surface area (Å²) in [7, 11) is 0. The number of carbonyl (C=O) groups excluding carboxylic acids is 1. The first-order chi connectivity index (χ1) is 14.4. The van der Waals surface area contributed by atoms with Crippen LogP contribution in [0.2, 0.25) is 0 Å². The molecule has 0 bridgehead atoms. The van der Waals surface area contributed by atoms with Crippen LogP contribution in [0.3, 0.4) is 0 Å². The summed E-state index contributed by atoms with van der Waals surface area (Å²) >= 11 is 0. The highest BCUT2D eigenvalue weighted by Crippen LogP contribution is 2.33. The van der Waals surface area contributed by atoms with Crippen LogP contribution in [0.5, 0.6) is 11.5 Å². The Kier molecular flexibility index (Phi) is 5.48. The second-order valence-corrected chi connectivity index (χ2v) is 7.26. The number of H-pyrrole nitrogens is 1. The molecule has 0 saturated carbocycles. The van der Waals surface area contributed by atoms with Crippen LogP contribution in [0.1, 0.15) is 40.4 Å². The average Bonchev–Trinajstić information content (AvgIpc) is 3.28. The minimum atomic E-state index is -4.45. The van der Waals surface area contributed by atoms with E-state index in [0.29, 0.717) is 24.4 Å². The first-order valence-corrected chi connectivity index (χ1v) is 9.64. The van der Waals surface area contributed by atoms with Gasteiger partial charge >= 0.3 is 6.18 Å². The number of amides is 1. The van der Waals surface area contributed by atoms with Gasteiger partial charge in [0, 0.05) is 36.5 Å². The van der Waals surface area contributed by atoms with Gasteiger partial charge in [-0.3, -0.25) is 9.89 Å². The van der Waals surface area contributed by atoms with Crippen molar-refractivity contribution in [3.63, 3.8) is 0 Å². The summed E-state index contributed by atoms with van der Waals surface area (Å²) in [6.07, 6.45) is -0.887. The number of nitrogens with zero attached hydrogens (tertiary/aromatic N) is 2. The first kappa shape index (κ1) is 20.0. The van der Waals surface area contributed by atoms with Crippen molar-refractivity contribution in [1.29, 1.82) is 0 Å². The molecule has 0 radical (unpaired) electrons. The van der Waals surface area contributed by atoms with Gasteiger partial charge in [-0.2, -0.15) is 18.3 Å². The number of piperidine rings is 1. The standard InChI is InChI=1S/C22H20F3N3O2/c23-22(24,25)17-6-2-8-19(13-17)30-18-7-1-4-15(12-18)21(29)28-11-3-5-16(14-28)20-9-10-26-27-20/h1-2,4,6-10,12-13,16H,3,5,11,14H2,(H,26,27)/t16-/m1/s1. The number of carbonyl (C=O) groups is 1. The number of hydrogen-bond acceptors (Lipinski definition) is 3. The van der Waals surface area contributed by atoms with Crippen molar-refractivity contribution in [3.8, 4) is 11.5 Å². The number of likely N-dealkylation sites (tertiary alicyclic amines) is 1. The molecular weight excluding hydrogens is 395 g/mol. The summed E-state index contributed by atoms with van der Waals surface area (Å²) in [5.74, 6) is 0.442. The summed E-state index contributed by atoms with van der Waals surface area (Å²) in [5, 5.41) is 6.95. The molecule has 0 aliphatic carbocycles. The zero-order chi connectivity index (χ0) is 21.1. The first-order valence-electron chi connectivity index (χ1n) is 9.64. The third kappa shape index (κ3) is 4.48. The fourth-order valence-electron chi connectivity index (χ4n) is 3.66. The molecule has 5 nitrogen and oxygen atoms in total. The number of aromatic nitrogens is 2.